The molecule has 2 nitrogen and oxygen atoms in total. The summed E-state index contributed by atoms with van der Waals surface area (Å²) in [6.45, 7) is 2.59. The SMILES string of the molecule is CCN(C)C(=O)C#CBr. The summed E-state index contributed by atoms with van der Waals surface area (Å²) in [6.07, 6.45) is 0. The van der Waals surface area contributed by atoms with E-state index >= 15 is 0 Å². The minimum absolute atomic E-state index is 0.158. The molecule has 0 aromatic carbocycles. The molecule has 0 saturated carbocycles. The summed E-state index contributed by atoms with van der Waals surface area (Å²) < 4.78 is 0. The van der Waals surface area contributed by atoms with Crippen LogP contribution in [0.1, 0.15) is 6.92 Å². The fourth-order valence-electron chi connectivity index (χ4n) is 0.279. The molecule has 50 valence electrons. The largest absolute Gasteiger partial charge is 0.335 e. The van der Waals surface area contributed by atoms with Crippen LogP contribution in [0.25, 0.3) is 0 Å². The van der Waals surface area contributed by atoms with E-state index in [-0.39, 0.29) is 5.91 Å². The smallest absolute Gasteiger partial charge is 0.299 e. The van der Waals surface area contributed by atoms with Gasteiger partial charge in [0.1, 0.15) is 0 Å². The van der Waals surface area contributed by atoms with Crippen LogP contribution in [0.4, 0.5) is 0 Å². The molecule has 0 heterocycles. The van der Waals surface area contributed by atoms with E-state index in [1.54, 1.807) is 7.05 Å². The van der Waals surface area contributed by atoms with E-state index in [1.807, 2.05) is 6.92 Å². The Labute approximate surface area is 63.4 Å². The van der Waals surface area contributed by atoms with Gasteiger partial charge in [0.2, 0.25) is 0 Å². The Morgan fingerprint density at radius 1 is 1.78 bits per heavy atom. The van der Waals surface area contributed by atoms with E-state index in [0.29, 0.717) is 6.54 Å². The van der Waals surface area contributed by atoms with Gasteiger partial charge < -0.3 is 4.90 Å². The van der Waals surface area contributed by atoms with Crippen molar-refractivity contribution in [2.45, 2.75) is 6.92 Å². The lowest BCUT2D eigenvalue weighted by molar-refractivity contribution is -0.123. The lowest BCUT2D eigenvalue weighted by Crippen LogP contribution is -2.24. The van der Waals surface area contributed by atoms with E-state index in [2.05, 4.69) is 26.7 Å². The zero-order valence-electron chi connectivity index (χ0n) is 5.44. The molecular formula is C6H8BrNO. The van der Waals surface area contributed by atoms with Crippen molar-refractivity contribution in [3.63, 3.8) is 0 Å². The summed E-state index contributed by atoms with van der Waals surface area (Å²) in [7, 11) is 1.71. The van der Waals surface area contributed by atoms with Crippen molar-refractivity contribution in [2.75, 3.05) is 13.6 Å². The number of hydrogen-bond donors (Lipinski definition) is 0. The number of nitrogens with zero attached hydrogens (tertiary/aromatic N) is 1. The van der Waals surface area contributed by atoms with Crippen LogP contribution in [0.5, 0.6) is 0 Å². The van der Waals surface area contributed by atoms with Gasteiger partial charge in [-0.15, -0.1) is 0 Å². The molecule has 0 fully saturated rings. The van der Waals surface area contributed by atoms with Crippen molar-refractivity contribution in [3.05, 3.63) is 0 Å². The molecule has 0 aromatic heterocycles. The second-order valence-corrected chi connectivity index (χ2v) is 1.94. The molecule has 0 N–H and O–H groups in total. The molecule has 1 amide bonds. The molecule has 0 atom stereocenters. The first-order chi connectivity index (χ1) is 4.22. The Morgan fingerprint density at radius 2 is 2.33 bits per heavy atom. The fourth-order valence-corrected chi connectivity index (χ4v) is 0.449. The zero-order chi connectivity index (χ0) is 7.28. The third-order valence-corrected chi connectivity index (χ3v) is 1.17. The summed E-state index contributed by atoms with van der Waals surface area (Å²) >= 11 is 2.84. The molecule has 3 heteroatoms. The number of hydrogen-bond acceptors (Lipinski definition) is 1. The number of amides is 1. The number of halogens is 1. The summed E-state index contributed by atoms with van der Waals surface area (Å²) in [5, 5.41) is 0. The highest BCUT2D eigenvalue weighted by Crippen LogP contribution is 1.81. The monoisotopic (exact) mass is 189 g/mol. The van der Waals surface area contributed by atoms with Gasteiger partial charge in [-0.2, -0.15) is 0 Å². The Kier molecular flexibility index (Phi) is 4.16. The Bertz CT molecular complexity index is 156. The van der Waals surface area contributed by atoms with Crippen molar-refractivity contribution >= 4 is 21.8 Å². The van der Waals surface area contributed by atoms with Gasteiger partial charge >= 0.3 is 0 Å². The quantitative estimate of drug-likeness (QED) is 0.560. The third-order valence-electron chi connectivity index (χ3n) is 0.975. The summed E-state index contributed by atoms with van der Waals surface area (Å²) in [4.78, 5) is 14.6. The highest BCUT2D eigenvalue weighted by Gasteiger charge is 1.98. The van der Waals surface area contributed by atoms with E-state index in [0.717, 1.165) is 0 Å². The van der Waals surface area contributed by atoms with Crippen LogP contribution in [0.2, 0.25) is 0 Å². The van der Waals surface area contributed by atoms with Gasteiger partial charge in [0, 0.05) is 35.4 Å². The van der Waals surface area contributed by atoms with Crippen LogP contribution in [0.15, 0.2) is 0 Å². The highest BCUT2D eigenvalue weighted by molar-refractivity contribution is 9.12. The van der Waals surface area contributed by atoms with Gasteiger partial charge in [0.25, 0.3) is 5.91 Å². The van der Waals surface area contributed by atoms with Crippen LogP contribution in [-0.4, -0.2) is 24.4 Å². The first-order valence-electron chi connectivity index (χ1n) is 2.59. The molecule has 0 radical (unpaired) electrons. The van der Waals surface area contributed by atoms with Crippen LogP contribution in [-0.2, 0) is 4.79 Å². The third kappa shape index (κ3) is 3.15. The van der Waals surface area contributed by atoms with Gasteiger partial charge in [0.15, 0.2) is 0 Å². The Morgan fingerprint density at radius 3 is 2.67 bits per heavy atom. The van der Waals surface area contributed by atoms with E-state index in [4.69, 9.17) is 0 Å². The maximum atomic E-state index is 10.7. The van der Waals surface area contributed by atoms with Gasteiger partial charge in [-0.25, -0.2) is 0 Å². The molecular weight excluding hydrogens is 182 g/mol. The highest BCUT2D eigenvalue weighted by atomic mass is 79.9. The van der Waals surface area contributed by atoms with E-state index in [9.17, 15) is 4.79 Å². The van der Waals surface area contributed by atoms with Crippen LogP contribution in [0, 0.1) is 10.8 Å². The number of carbonyl (C=O) groups is 1. The minimum Gasteiger partial charge on any atom is -0.335 e. The minimum atomic E-state index is -0.158. The topological polar surface area (TPSA) is 20.3 Å². The summed E-state index contributed by atoms with van der Waals surface area (Å²) in [5.41, 5.74) is 0. The molecule has 0 aliphatic heterocycles. The van der Waals surface area contributed by atoms with Crippen molar-refractivity contribution in [1.29, 1.82) is 0 Å². The molecule has 9 heavy (non-hydrogen) atoms. The molecule has 0 unspecified atom stereocenters. The summed E-state index contributed by atoms with van der Waals surface area (Å²) in [5.74, 6) is 2.19. The predicted molar refractivity (Wildman–Crippen MR) is 40.0 cm³/mol. The lowest BCUT2D eigenvalue weighted by Gasteiger charge is -2.08. The average Bonchev–Trinajstić information content (AvgIpc) is 1.87. The van der Waals surface area contributed by atoms with Gasteiger partial charge in [0.05, 0.1) is 0 Å². The maximum Gasteiger partial charge on any atom is 0.299 e. The molecule has 0 aliphatic rings. The fraction of sp³-hybridized carbons (Fsp3) is 0.500. The normalized spacial score (nSPS) is 7.44. The number of rotatable bonds is 1. The molecule has 0 aliphatic carbocycles. The van der Waals surface area contributed by atoms with Gasteiger partial charge in [-0.05, 0) is 11.8 Å². The van der Waals surface area contributed by atoms with Gasteiger partial charge in [-0.3, -0.25) is 4.79 Å². The zero-order valence-corrected chi connectivity index (χ0v) is 7.03. The predicted octanol–water partition coefficient (Wildman–Crippen LogP) is 0.821. The Balaban J connectivity index is 3.83. The number of carbonyl (C=O) groups excluding carboxylic acids is 1. The Hall–Kier alpha value is -0.490. The van der Waals surface area contributed by atoms with Crippen LogP contribution < -0.4 is 0 Å². The molecule has 0 bridgehead atoms. The molecule has 0 rings (SSSR count). The van der Waals surface area contributed by atoms with Crippen molar-refractivity contribution in [2.24, 2.45) is 0 Å². The van der Waals surface area contributed by atoms with Crippen LogP contribution in [0.3, 0.4) is 0 Å². The van der Waals surface area contributed by atoms with Crippen molar-refractivity contribution in [1.82, 2.24) is 4.90 Å². The second kappa shape index (κ2) is 4.39. The maximum absolute atomic E-state index is 10.7. The first kappa shape index (κ1) is 8.51. The second-order valence-electron chi connectivity index (χ2n) is 1.54. The van der Waals surface area contributed by atoms with E-state index in [1.165, 1.54) is 4.90 Å². The van der Waals surface area contributed by atoms with Crippen molar-refractivity contribution in [3.8, 4) is 10.8 Å². The average molecular weight is 190 g/mol. The molecule has 0 spiro atoms. The molecule has 0 aromatic rings. The van der Waals surface area contributed by atoms with E-state index < -0.39 is 0 Å². The van der Waals surface area contributed by atoms with Crippen LogP contribution >= 0.6 is 15.9 Å². The van der Waals surface area contributed by atoms with Gasteiger partial charge in [-0.1, -0.05) is 0 Å². The molecule has 0 saturated heterocycles. The first-order valence-corrected chi connectivity index (χ1v) is 3.38. The van der Waals surface area contributed by atoms with Crippen molar-refractivity contribution < 1.29 is 4.79 Å². The summed E-state index contributed by atoms with van der Waals surface area (Å²) in [6, 6.07) is 0. The lowest BCUT2D eigenvalue weighted by atomic mass is 10.5. The standard InChI is InChI=1S/C6H8BrNO/c1-3-8(2)6(9)4-5-7/h3H2,1-2H3.